The van der Waals surface area contributed by atoms with Crippen LogP contribution in [0.5, 0.6) is 0 Å². The summed E-state index contributed by atoms with van der Waals surface area (Å²) in [5, 5.41) is 0. The number of amides is 1. The minimum absolute atomic E-state index is 0.0796. The molecule has 4 nitrogen and oxygen atoms in total. The summed E-state index contributed by atoms with van der Waals surface area (Å²) in [6.07, 6.45) is 0.450. The van der Waals surface area contributed by atoms with E-state index < -0.39 is 0 Å². The average molecular weight is 438 g/mol. The molecular formula is C29H27NO3. The van der Waals surface area contributed by atoms with E-state index in [9.17, 15) is 9.59 Å². The summed E-state index contributed by atoms with van der Waals surface area (Å²) in [7, 11) is 0. The van der Waals surface area contributed by atoms with Gasteiger partial charge in [-0.25, -0.2) is 4.79 Å². The van der Waals surface area contributed by atoms with Crippen molar-refractivity contribution in [1.82, 2.24) is 0 Å². The molecule has 4 rings (SSSR count). The zero-order chi connectivity index (χ0) is 23.6. The van der Waals surface area contributed by atoms with Gasteiger partial charge in [-0.2, -0.15) is 0 Å². The first-order valence-corrected chi connectivity index (χ1v) is 11.1. The van der Waals surface area contributed by atoms with E-state index in [4.69, 9.17) is 4.74 Å². The number of carbonyl (C=O) groups is 2. The molecular weight excluding hydrogens is 410 g/mol. The number of ether oxygens (including phenoxy) is 1. The van der Waals surface area contributed by atoms with Gasteiger partial charge >= 0.3 is 5.97 Å². The lowest BCUT2D eigenvalue weighted by molar-refractivity contribution is -0.119. The monoisotopic (exact) mass is 437 g/mol. The fourth-order valence-electron chi connectivity index (χ4n) is 4.08. The summed E-state index contributed by atoms with van der Waals surface area (Å²) >= 11 is 0. The average Bonchev–Trinajstić information content (AvgIpc) is 2.79. The van der Waals surface area contributed by atoms with Crippen molar-refractivity contribution in [2.45, 2.75) is 39.5 Å². The molecule has 0 aliphatic carbocycles. The molecule has 1 aliphatic rings. The first kappa shape index (κ1) is 22.4. The van der Waals surface area contributed by atoms with E-state index in [0.717, 1.165) is 33.6 Å². The second-order valence-electron chi connectivity index (χ2n) is 8.91. The van der Waals surface area contributed by atoms with E-state index in [0.29, 0.717) is 18.6 Å². The summed E-state index contributed by atoms with van der Waals surface area (Å²) in [5.41, 5.74) is 5.91. The van der Waals surface area contributed by atoms with Gasteiger partial charge in [0.2, 0.25) is 5.91 Å². The maximum absolute atomic E-state index is 13.1. The van der Waals surface area contributed by atoms with Crippen LogP contribution in [0.4, 0.5) is 11.4 Å². The van der Waals surface area contributed by atoms with Crippen molar-refractivity contribution in [3.8, 4) is 11.8 Å². The highest BCUT2D eigenvalue weighted by Gasteiger charge is 2.37. The summed E-state index contributed by atoms with van der Waals surface area (Å²) in [5.74, 6) is 6.10. The molecule has 0 fully saturated rings. The summed E-state index contributed by atoms with van der Waals surface area (Å²) < 4.78 is 5.02. The van der Waals surface area contributed by atoms with Crippen LogP contribution in [0.25, 0.3) is 0 Å². The van der Waals surface area contributed by atoms with Crippen molar-refractivity contribution in [2.24, 2.45) is 0 Å². The van der Waals surface area contributed by atoms with Gasteiger partial charge in [0.1, 0.15) is 0 Å². The molecule has 0 unspecified atom stereocenters. The zero-order valence-corrected chi connectivity index (χ0v) is 19.4. The Kier molecular flexibility index (Phi) is 6.07. The van der Waals surface area contributed by atoms with E-state index in [-0.39, 0.29) is 17.3 Å². The van der Waals surface area contributed by atoms with Crippen LogP contribution >= 0.6 is 0 Å². The highest BCUT2D eigenvalue weighted by Crippen LogP contribution is 2.43. The normalized spacial score (nSPS) is 14.2. The number of aryl methyl sites for hydroxylation is 1. The predicted octanol–water partition coefficient (Wildman–Crippen LogP) is 5.92. The molecule has 0 radical (unpaired) electrons. The molecule has 3 aromatic rings. The Morgan fingerprint density at radius 2 is 1.61 bits per heavy atom. The molecule has 1 amide bonds. The number of hydrogen-bond acceptors (Lipinski definition) is 3. The molecule has 33 heavy (non-hydrogen) atoms. The standard InChI is InChI=1S/C29H27NO3/c1-5-33-28(32)23-13-10-21(11-14-23)8-9-22-12-17-25-26(18-22)30(27(31)19-29(25,3)4)24-15-6-20(2)7-16-24/h6-7,10-18H,5,19H2,1-4H3. The number of benzene rings is 3. The maximum atomic E-state index is 13.1. The van der Waals surface area contributed by atoms with Gasteiger partial charge in [0.05, 0.1) is 17.9 Å². The topological polar surface area (TPSA) is 46.6 Å². The number of nitrogens with zero attached hydrogens (tertiary/aromatic N) is 1. The molecule has 0 N–H and O–H groups in total. The van der Waals surface area contributed by atoms with Crippen LogP contribution in [0, 0.1) is 18.8 Å². The van der Waals surface area contributed by atoms with E-state index in [1.165, 1.54) is 0 Å². The van der Waals surface area contributed by atoms with Crippen molar-refractivity contribution < 1.29 is 14.3 Å². The van der Waals surface area contributed by atoms with Crippen molar-refractivity contribution >= 4 is 23.3 Å². The van der Waals surface area contributed by atoms with Gasteiger partial charge in [0.15, 0.2) is 0 Å². The van der Waals surface area contributed by atoms with Crippen LogP contribution in [0.2, 0.25) is 0 Å². The fraction of sp³-hybridized carbons (Fsp3) is 0.241. The van der Waals surface area contributed by atoms with E-state index in [1.54, 1.807) is 24.0 Å². The lowest BCUT2D eigenvalue weighted by Crippen LogP contribution is -2.39. The first-order chi connectivity index (χ1) is 15.8. The Labute approximate surface area is 195 Å². The molecule has 0 saturated carbocycles. The fourth-order valence-corrected chi connectivity index (χ4v) is 4.08. The Hall–Kier alpha value is -3.84. The molecule has 3 aromatic carbocycles. The minimum Gasteiger partial charge on any atom is -0.462 e. The van der Waals surface area contributed by atoms with Gasteiger partial charge < -0.3 is 4.74 Å². The smallest absolute Gasteiger partial charge is 0.338 e. The third-order valence-electron chi connectivity index (χ3n) is 5.85. The SMILES string of the molecule is CCOC(=O)c1ccc(C#Cc2ccc3c(c2)N(c2ccc(C)cc2)C(=O)CC3(C)C)cc1. The molecule has 0 aromatic heterocycles. The number of hydrogen-bond donors (Lipinski definition) is 0. The molecule has 1 heterocycles. The van der Waals surface area contributed by atoms with Gasteiger partial charge in [-0.1, -0.05) is 49.5 Å². The number of carbonyl (C=O) groups excluding carboxylic acids is 2. The lowest BCUT2D eigenvalue weighted by atomic mass is 9.76. The molecule has 0 spiro atoms. The van der Waals surface area contributed by atoms with Crippen molar-refractivity contribution in [2.75, 3.05) is 11.5 Å². The molecule has 0 bridgehead atoms. The summed E-state index contributed by atoms with van der Waals surface area (Å²) in [6.45, 7) is 8.37. The van der Waals surface area contributed by atoms with Crippen molar-refractivity contribution in [1.29, 1.82) is 0 Å². The third-order valence-corrected chi connectivity index (χ3v) is 5.85. The van der Waals surface area contributed by atoms with Gasteiger partial charge in [-0.05, 0) is 67.9 Å². The van der Waals surface area contributed by atoms with Gasteiger partial charge in [0, 0.05) is 28.7 Å². The lowest BCUT2D eigenvalue weighted by Gasteiger charge is -2.38. The maximum Gasteiger partial charge on any atom is 0.338 e. The third kappa shape index (κ3) is 4.68. The highest BCUT2D eigenvalue weighted by molar-refractivity contribution is 6.04. The van der Waals surface area contributed by atoms with E-state index >= 15 is 0 Å². The summed E-state index contributed by atoms with van der Waals surface area (Å²) in [4.78, 5) is 26.8. The zero-order valence-electron chi connectivity index (χ0n) is 19.4. The van der Waals surface area contributed by atoms with Crippen LogP contribution in [-0.2, 0) is 14.9 Å². The van der Waals surface area contributed by atoms with Crippen molar-refractivity contribution in [3.63, 3.8) is 0 Å². The number of esters is 1. The molecule has 1 aliphatic heterocycles. The highest BCUT2D eigenvalue weighted by atomic mass is 16.5. The van der Waals surface area contributed by atoms with Gasteiger partial charge in [-0.3, -0.25) is 9.69 Å². The minimum atomic E-state index is -0.338. The first-order valence-electron chi connectivity index (χ1n) is 11.1. The van der Waals surface area contributed by atoms with E-state index in [2.05, 4.69) is 31.8 Å². The predicted molar refractivity (Wildman–Crippen MR) is 131 cm³/mol. The van der Waals surface area contributed by atoms with Crippen LogP contribution < -0.4 is 4.90 Å². The number of rotatable bonds is 3. The molecule has 0 atom stereocenters. The second kappa shape index (κ2) is 8.96. The molecule has 166 valence electrons. The Bertz CT molecular complexity index is 1260. The van der Waals surface area contributed by atoms with Crippen LogP contribution in [0.1, 0.15) is 59.8 Å². The largest absolute Gasteiger partial charge is 0.462 e. The Morgan fingerprint density at radius 3 is 2.27 bits per heavy atom. The number of fused-ring (bicyclic) bond motifs is 1. The van der Waals surface area contributed by atoms with Gasteiger partial charge in [-0.15, -0.1) is 0 Å². The number of anilines is 2. The molecule has 0 saturated heterocycles. The van der Waals surface area contributed by atoms with Crippen LogP contribution in [0.15, 0.2) is 66.7 Å². The Balaban J connectivity index is 1.69. The van der Waals surface area contributed by atoms with Crippen LogP contribution in [0.3, 0.4) is 0 Å². The second-order valence-corrected chi connectivity index (χ2v) is 8.91. The summed E-state index contributed by atoms with van der Waals surface area (Å²) in [6, 6.07) is 21.1. The van der Waals surface area contributed by atoms with Gasteiger partial charge in [0.25, 0.3) is 0 Å². The molecule has 4 heteroatoms. The quantitative estimate of drug-likeness (QED) is 0.378. The van der Waals surface area contributed by atoms with E-state index in [1.807, 2.05) is 55.5 Å². The van der Waals surface area contributed by atoms with Crippen LogP contribution in [-0.4, -0.2) is 18.5 Å². The van der Waals surface area contributed by atoms with Crippen molar-refractivity contribution in [3.05, 3.63) is 94.5 Å². The Morgan fingerprint density at radius 1 is 0.970 bits per heavy atom.